The maximum Gasteiger partial charge on any atom is 0.254 e. The van der Waals surface area contributed by atoms with E-state index in [0.717, 1.165) is 19.6 Å². The molecule has 0 N–H and O–H groups in total. The second-order valence-electron chi connectivity index (χ2n) is 6.72. The van der Waals surface area contributed by atoms with Crippen LogP contribution in [0.1, 0.15) is 43.5 Å². The summed E-state index contributed by atoms with van der Waals surface area (Å²) in [5, 5.41) is 0. The summed E-state index contributed by atoms with van der Waals surface area (Å²) in [5.41, 5.74) is 0.400. The van der Waals surface area contributed by atoms with Crippen LogP contribution in [-0.4, -0.2) is 48.4 Å². The van der Waals surface area contributed by atoms with Crippen LogP contribution in [0.3, 0.4) is 0 Å². The second-order valence-corrected chi connectivity index (χ2v) is 7.57. The van der Waals surface area contributed by atoms with Gasteiger partial charge in [-0.2, -0.15) is 0 Å². The third kappa shape index (κ3) is 4.77. The number of likely N-dealkylation sites (tertiary alicyclic amines) is 1. The molecule has 0 aromatic heterocycles. The molecule has 1 aromatic rings. The largest absolute Gasteiger partial charge is 0.337 e. The van der Waals surface area contributed by atoms with E-state index in [9.17, 15) is 9.18 Å². The summed E-state index contributed by atoms with van der Waals surface area (Å²) in [5.74, 6) is -0.167. The predicted molar refractivity (Wildman–Crippen MR) is 95.1 cm³/mol. The van der Waals surface area contributed by atoms with E-state index < -0.39 is 5.82 Å². The van der Waals surface area contributed by atoms with Crippen molar-refractivity contribution in [1.82, 2.24) is 9.80 Å². The molecule has 0 unspecified atom stereocenters. The first-order chi connectivity index (χ1) is 10.9. The quantitative estimate of drug-likeness (QED) is 0.760. The maximum atomic E-state index is 13.7. The summed E-state index contributed by atoms with van der Waals surface area (Å²) in [4.78, 5) is 16.9. The zero-order valence-corrected chi connectivity index (χ0v) is 15.8. The normalized spacial score (nSPS) is 17.3. The van der Waals surface area contributed by atoms with Crippen LogP contribution in [0.15, 0.2) is 22.7 Å². The van der Waals surface area contributed by atoms with Gasteiger partial charge in [0, 0.05) is 25.2 Å². The van der Waals surface area contributed by atoms with Crippen LogP contribution in [-0.2, 0) is 0 Å². The summed E-state index contributed by atoms with van der Waals surface area (Å²) in [7, 11) is 1.83. The predicted octanol–water partition coefficient (Wildman–Crippen LogP) is 4.17. The van der Waals surface area contributed by atoms with Gasteiger partial charge in [0.25, 0.3) is 5.91 Å². The smallest absolute Gasteiger partial charge is 0.254 e. The van der Waals surface area contributed by atoms with Gasteiger partial charge in [-0.05, 0) is 66.0 Å². The molecule has 0 aliphatic carbocycles. The van der Waals surface area contributed by atoms with Gasteiger partial charge in [-0.1, -0.05) is 20.3 Å². The topological polar surface area (TPSA) is 23.6 Å². The molecule has 1 fully saturated rings. The van der Waals surface area contributed by atoms with Crippen molar-refractivity contribution in [3.63, 3.8) is 0 Å². The third-order valence-corrected chi connectivity index (χ3v) is 5.29. The fourth-order valence-electron chi connectivity index (χ4n) is 3.17. The van der Waals surface area contributed by atoms with Gasteiger partial charge in [0.15, 0.2) is 0 Å². The Morgan fingerprint density at radius 2 is 1.96 bits per heavy atom. The van der Waals surface area contributed by atoms with Crippen LogP contribution in [0.25, 0.3) is 0 Å². The molecule has 1 aliphatic rings. The van der Waals surface area contributed by atoms with Crippen molar-refractivity contribution in [3.05, 3.63) is 34.1 Å². The molecular weight excluding hydrogens is 359 g/mol. The second kappa shape index (κ2) is 8.25. The van der Waals surface area contributed by atoms with Gasteiger partial charge in [0.1, 0.15) is 5.82 Å². The molecule has 2 rings (SSSR count). The highest BCUT2D eigenvalue weighted by Gasteiger charge is 2.27. The fraction of sp³-hybridized carbons (Fsp3) is 0.611. The van der Waals surface area contributed by atoms with Gasteiger partial charge in [0.05, 0.1) is 4.47 Å². The molecule has 128 valence electrons. The molecule has 1 aromatic carbocycles. The summed E-state index contributed by atoms with van der Waals surface area (Å²) in [6.45, 7) is 7.39. The van der Waals surface area contributed by atoms with Gasteiger partial charge in [-0.15, -0.1) is 0 Å². The van der Waals surface area contributed by atoms with E-state index in [1.165, 1.54) is 25.3 Å². The van der Waals surface area contributed by atoms with Crippen molar-refractivity contribution in [3.8, 4) is 0 Å². The van der Waals surface area contributed by atoms with Crippen LogP contribution < -0.4 is 0 Å². The van der Waals surface area contributed by atoms with E-state index in [1.807, 2.05) is 7.05 Å². The summed E-state index contributed by atoms with van der Waals surface area (Å²) in [6.07, 6.45) is 3.77. The summed E-state index contributed by atoms with van der Waals surface area (Å²) >= 11 is 3.13. The van der Waals surface area contributed by atoms with Crippen molar-refractivity contribution in [2.75, 3.05) is 26.7 Å². The number of nitrogens with zero attached hydrogens (tertiary/aromatic N) is 2. The average Bonchev–Trinajstić information content (AvgIpc) is 2.54. The molecule has 0 bridgehead atoms. The third-order valence-electron chi connectivity index (χ3n) is 4.65. The van der Waals surface area contributed by atoms with Gasteiger partial charge in [0.2, 0.25) is 0 Å². The van der Waals surface area contributed by atoms with Crippen molar-refractivity contribution >= 4 is 21.8 Å². The first kappa shape index (κ1) is 18.4. The summed E-state index contributed by atoms with van der Waals surface area (Å²) in [6, 6.07) is 4.70. The first-order valence-electron chi connectivity index (χ1n) is 8.34. The molecule has 0 spiro atoms. The Hall–Kier alpha value is -0.940. The molecule has 5 heteroatoms. The number of rotatable bonds is 5. The lowest BCUT2D eigenvalue weighted by atomic mass is 10.00. The lowest BCUT2D eigenvalue weighted by molar-refractivity contribution is 0.0610. The lowest BCUT2D eigenvalue weighted by Gasteiger charge is -2.37. The summed E-state index contributed by atoms with van der Waals surface area (Å²) < 4.78 is 14.1. The zero-order chi connectivity index (χ0) is 17.0. The van der Waals surface area contributed by atoms with E-state index in [0.29, 0.717) is 16.0 Å². The molecule has 1 saturated heterocycles. The van der Waals surface area contributed by atoms with E-state index in [-0.39, 0.29) is 11.9 Å². The van der Waals surface area contributed by atoms with Crippen molar-refractivity contribution < 1.29 is 9.18 Å². The molecule has 1 amide bonds. The number of carbonyl (C=O) groups excluding carboxylic acids is 1. The Morgan fingerprint density at radius 1 is 1.30 bits per heavy atom. The number of benzene rings is 1. The van der Waals surface area contributed by atoms with Crippen molar-refractivity contribution in [2.24, 2.45) is 5.92 Å². The average molecular weight is 385 g/mol. The first-order valence-corrected chi connectivity index (χ1v) is 9.14. The monoisotopic (exact) mass is 384 g/mol. The standard InChI is InChI=1S/C18H26BrFN2O/c1-13(2)17(12-22-9-5-4-6-10-22)21(3)18(23)14-7-8-15(19)16(20)11-14/h7-8,11,13,17H,4-6,9-10,12H2,1-3H3/t17-/m1/s1. The Kier molecular flexibility index (Phi) is 6.60. The Labute approximate surface area is 147 Å². The molecule has 0 saturated carbocycles. The van der Waals surface area contributed by atoms with Crippen LogP contribution in [0.4, 0.5) is 4.39 Å². The highest BCUT2D eigenvalue weighted by atomic mass is 79.9. The Bertz CT molecular complexity index is 544. The van der Waals surface area contributed by atoms with Crippen molar-refractivity contribution in [2.45, 2.75) is 39.2 Å². The van der Waals surface area contributed by atoms with Gasteiger partial charge >= 0.3 is 0 Å². The molecule has 23 heavy (non-hydrogen) atoms. The SMILES string of the molecule is CC(C)[C@@H](CN1CCCCC1)N(C)C(=O)c1ccc(Br)c(F)c1. The van der Waals surface area contributed by atoms with Gasteiger partial charge in [-0.25, -0.2) is 4.39 Å². The Balaban J connectivity index is 2.10. The number of hydrogen-bond acceptors (Lipinski definition) is 2. The molecule has 3 nitrogen and oxygen atoms in total. The zero-order valence-electron chi connectivity index (χ0n) is 14.2. The minimum atomic E-state index is -0.402. The molecule has 1 heterocycles. The van der Waals surface area contributed by atoms with Crippen LogP contribution >= 0.6 is 15.9 Å². The number of piperidine rings is 1. The van der Waals surface area contributed by atoms with Gasteiger partial charge in [-0.3, -0.25) is 4.79 Å². The molecular formula is C18H26BrFN2O. The minimum absolute atomic E-state index is 0.118. The Morgan fingerprint density at radius 3 is 2.52 bits per heavy atom. The van der Waals surface area contributed by atoms with Crippen LogP contribution in [0.5, 0.6) is 0 Å². The molecule has 1 aliphatic heterocycles. The van der Waals surface area contributed by atoms with Crippen LogP contribution in [0, 0.1) is 11.7 Å². The maximum absolute atomic E-state index is 13.7. The highest BCUT2D eigenvalue weighted by molar-refractivity contribution is 9.10. The van der Waals surface area contributed by atoms with Crippen LogP contribution in [0.2, 0.25) is 0 Å². The van der Waals surface area contributed by atoms with E-state index >= 15 is 0 Å². The minimum Gasteiger partial charge on any atom is -0.337 e. The van der Waals surface area contributed by atoms with E-state index in [4.69, 9.17) is 0 Å². The number of likely N-dealkylation sites (N-methyl/N-ethyl adjacent to an activating group) is 1. The number of hydrogen-bond donors (Lipinski definition) is 0. The number of halogens is 2. The van der Waals surface area contributed by atoms with Gasteiger partial charge < -0.3 is 9.80 Å². The number of amides is 1. The lowest BCUT2D eigenvalue weighted by Crippen LogP contribution is -2.48. The molecule has 0 radical (unpaired) electrons. The van der Waals surface area contributed by atoms with E-state index in [2.05, 4.69) is 34.7 Å². The molecule has 1 atom stereocenters. The van der Waals surface area contributed by atoms with Crippen molar-refractivity contribution in [1.29, 1.82) is 0 Å². The highest BCUT2D eigenvalue weighted by Crippen LogP contribution is 2.20. The number of carbonyl (C=O) groups is 1. The fourth-order valence-corrected chi connectivity index (χ4v) is 3.42. The van der Waals surface area contributed by atoms with E-state index in [1.54, 1.807) is 17.0 Å².